The lowest BCUT2D eigenvalue weighted by atomic mass is 9.89. The van der Waals surface area contributed by atoms with E-state index in [0.717, 1.165) is 47.3 Å². The fourth-order valence-corrected chi connectivity index (χ4v) is 5.38. The second-order valence-corrected chi connectivity index (χ2v) is 11.1. The number of fused-ring (bicyclic) bond motifs is 1. The monoisotopic (exact) mass is 521 g/mol. The molecule has 190 valence electrons. The normalized spacial score (nSPS) is 14.3. The summed E-state index contributed by atoms with van der Waals surface area (Å²) in [5, 5.41) is 4.65. The van der Waals surface area contributed by atoms with Crippen LogP contribution in [-0.2, 0) is 10.0 Å². The minimum Gasteiger partial charge on any atom is -0.362 e. The number of nitrogens with zero attached hydrogens (tertiary/aromatic N) is 3. The van der Waals surface area contributed by atoms with E-state index in [1.807, 2.05) is 26.2 Å². The lowest BCUT2D eigenvalue weighted by Gasteiger charge is -2.22. The van der Waals surface area contributed by atoms with Gasteiger partial charge in [-0.05, 0) is 62.6 Å². The van der Waals surface area contributed by atoms with Crippen LogP contribution in [0.1, 0.15) is 37.7 Å². The van der Waals surface area contributed by atoms with E-state index in [0.29, 0.717) is 5.56 Å². The maximum absolute atomic E-state index is 12.9. The van der Waals surface area contributed by atoms with Crippen molar-refractivity contribution in [2.24, 2.45) is 5.92 Å². The van der Waals surface area contributed by atoms with Gasteiger partial charge in [0.1, 0.15) is 11.6 Å². The molecule has 0 aliphatic heterocycles. The Labute approximate surface area is 212 Å². The molecule has 7 nitrogen and oxygen atoms in total. The first-order chi connectivity index (χ1) is 16.6. The summed E-state index contributed by atoms with van der Waals surface area (Å²) >= 11 is 5.65. The molecule has 1 aliphatic carbocycles. The molecule has 4 rings (SSSR count). The third kappa shape index (κ3) is 7.02. The van der Waals surface area contributed by atoms with Crippen molar-refractivity contribution >= 4 is 44.3 Å². The Balaban J connectivity index is 0.000000214. The fraction of sp³-hybridized carbons (Fsp3) is 0.440. The average Bonchev–Trinajstić information content (AvgIpc) is 2.85. The van der Waals surface area contributed by atoms with Crippen LogP contribution in [0.4, 0.5) is 16.2 Å². The highest BCUT2D eigenvalue weighted by atomic mass is 35.5. The Bertz CT molecular complexity index is 1260. The van der Waals surface area contributed by atoms with Crippen LogP contribution in [0, 0.1) is 18.7 Å². The second kappa shape index (κ2) is 12.0. The van der Waals surface area contributed by atoms with Crippen molar-refractivity contribution in [3.05, 3.63) is 52.8 Å². The fourth-order valence-electron chi connectivity index (χ4n) is 4.12. The topological polar surface area (TPSA) is 87.2 Å². The number of para-hydroxylation sites is 1. The van der Waals surface area contributed by atoms with Crippen molar-refractivity contribution in [3.63, 3.8) is 0 Å². The van der Waals surface area contributed by atoms with E-state index >= 15 is 0 Å². The zero-order valence-corrected chi connectivity index (χ0v) is 22.2. The molecule has 1 aromatic heterocycles. The van der Waals surface area contributed by atoms with E-state index in [4.69, 9.17) is 11.6 Å². The number of hydrogen-bond acceptors (Lipinski definition) is 6. The molecule has 10 heteroatoms. The predicted molar refractivity (Wildman–Crippen MR) is 141 cm³/mol. The molecule has 1 fully saturated rings. The number of nitrogens with one attached hydrogen (secondary N) is 2. The van der Waals surface area contributed by atoms with Crippen LogP contribution in [0.25, 0.3) is 10.9 Å². The molecule has 0 atom stereocenters. The molecule has 2 aromatic carbocycles. The van der Waals surface area contributed by atoms with Crippen molar-refractivity contribution in [3.8, 4) is 0 Å². The average molecular weight is 522 g/mol. The zero-order valence-electron chi connectivity index (χ0n) is 20.6. The largest absolute Gasteiger partial charge is 0.362 e. The molecule has 0 radical (unpaired) electrons. The number of hydrogen-bond donors (Lipinski definition) is 2. The highest BCUT2D eigenvalue weighted by Gasteiger charge is 2.18. The van der Waals surface area contributed by atoms with E-state index in [-0.39, 0.29) is 9.92 Å². The molecular formula is C25H33ClFN5O2S. The van der Waals surface area contributed by atoms with Gasteiger partial charge in [0.05, 0.1) is 10.4 Å². The summed E-state index contributed by atoms with van der Waals surface area (Å²) in [5.74, 6) is 1.83. The Morgan fingerprint density at radius 2 is 1.80 bits per heavy atom. The Morgan fingerprint density at radius 1 is 1.11 bits per heavy atom. The summed E-state index contributed by atoms with van der Waals surface area (Å²) in [6.45, 7) is 2.51. The highest BCUT2D eigenvalue weighted by Crippen LogP contribution is 2.26. The van der Waals surface area contributed by atoms with Gasteiger partial charge in [-0.25, -0.2) is 22.5 Å². The molecule has 3 aromatic rings. The molecule has 0 spiro atoms. The van der Waals surface area contributed by atoms with Crippen molar-refractivity contribution in [2.45, 2.75) is 43.9 Å². The van der Waals surface area contributed by atoms with Gasteiger partial charge in [0.2, 0.25) is 16.0 Å². The van der Waals surface area contributed by atoms with Gasteiger partial charge >= 0.3 is 0 Å². The Morgan fingerprint density at radius 3 is 2.46 bits per heavy atom. The van der Waals surface area contributed by atoms with Crippen molar-refractivity contribution in [2.75, 3.05) is 37.9 Å². The van der Waals surface area contributed by atoms with Crippen LogP contribution < -0.4 is 14.9 Å². The minimum atomic E-state index is -3.65. The Kier molecular flexibility index (Phi) is 9.27. The number of aromatic nitrogens is 2. The first-order valence-corrected chi connectivity index (χ1v) is 13.6. The first kappa shape index (κ1) is 27.1. The molecule has 1 heterocycles. The van der Waals surface area contributed by atoms with Crippen LogP contribution in [0.2, 0.25) is 5.02 Å². The van der Waals surface area contributed by atoms with Crippen LogP contribution in [0.5, 0.6) is 0 Å². The Hall–Kier alpha value is -2.49. The van der Waals surface area contributed by atoms with Crippen LogP contribution in [0.15, 0.2) is 41.3 Å². The maximum Gasteiger partial charge on any atom is 0.240 e. The first-order valence-electron chi connectivity index (χ1n) is 11.7. The summed E-state index contributed by atoms with van der Waals surface area (Å²) < 4.78 is 37.8. The summed E-state index contributed by atoms with van der Waals surface area (Å²) in [5.41, 5.74) is 1.34. The number of rotatable bonds is 6. The van der Waals surface area contributed by atoms with E-state index in [1.54, 1.807) is 0 Å². The standard InChI is InChI=1S/C17H24N4.C8H9ClFNO2S/c1-21(2)16-14-10-6-7-11-15(14)19-17(20-16)18-12-13-8-4-3-5-9-13;1-5-7(9)3-6(10)4-8(5)14(12,13)11-2/h6-7,10-11,13H,3-5,8-9,12H2,1-2H3,(H,18,19,20);3-4,11H,1-2H3. The van der Waals surface area contributed by atoms with E-state index < -0.39 is 15.8 Å². The number of benzene rings is 2. The lowest BCUT2D eigenvalue weighted by Crippen LogP contribution is -2.19. The van der Waals surface area contributed by atoms with Crippen LogP contribution in [0.3, 0.4) is 0 Å². The van der Waals surface area contributed by atoms with E-state index in [9.17, 15) is 12.8 Å². The molecule has 0 saturated heterocycles. The van der Waals surface area contributed by atoms with Gasteiger partial charge < -0.3 is 10.2 Å². The van der Waals surface area contributed by atoms with Crippen molar-refractivity contribution in [1.82, 2.24) is 14.7 Å². The van der Waals surface area contributed by atoms with Gasteiger partial charge in [-0.1, -0.05) is 43.0 Å². The van der Waals surface area contributed by atoms with Crippen LogP contribution >= 0.6 is 11.6 Å². The lowest BCUT2D eigenvalue weighted by molar-refractivity contribution is 0.373. The predicted octanol–water partition coefficient (Wildman–Crippen LogP) is 5.38. The number of halogens is 2. The third-order valence-corrected chi connectivity index (χ3v) is 8.03. The molecule has 0 unspecified atom stereocenters. The van der Waals surface area contributed by atoms with Crippen LogP contribution in [-0.4, -0.2) is 46.1 Å². The third-order valence-electron chi connectivity index (χ3n) is 6.10. The van der Waals surface area contributed by atoms with Gasteiger partial charge in [0.15, 0.2) is 0 Å². The minimum absolute atomic E-state index is 0.0961. The summed E-state index contributed by atoms with van der Waals surface area (Å²) in [6.07, 6.45) is 6.80. The second-order valence-electron chi connectivity index (χ2n) is 8.89. The van der Waals surface area contributed by atoms with Crippen molar-refractivity contribution in [1.29, 1.82) is 0 Å². The number of sulfonamides is 1. The van der Waals surface area contributed by atoms with Gasteiger partial charge in [-0.2, -0.15) is 4.98 Å². The van der Waals surface area contributed by atoms with Crippen molar-refractivity contribution < 1.29 is 12.8 Å². The SMILES string of the molecule is CN(C)c1nc(NCC2CCCCC2)nc2ccccc12.CNS(=O)(=O)c1cc(F)cc(Cl)c1C. The van der Waals surface area contributed by atoms with E-state index in [2.05, 4.69) is 37.0 Å². The highest BCUT2D eigenvalue weighted by molar-refractivity contribution is 7.89. The summed E-state index contributed by atoms with van der Waals surface area (Å²) in [4.78, 5) is 11.3. The molecule has 0 bridgehead atoms. The summed E-state index contributed by atoms with van der Waals surface area (Å²) in [6, 6.07) is 10.2. The number of anilines is 2. The molecular weight excluding hydrogens is 489 g/mol. The van der Waals surface area contributed by atoms with Gasteiger partial charge in [0.25, 0.3) is 0 Å². The van der Waals surface area contributed by atoms with Gasteiger partial charge in [-0.3, -0.25) is 0 Å². The molecule has 2 N–H and O–H groups in total. The van der Waals surface area contributed by atoms with Gasteiger partial charge in [-0.15, -0.1) is 0 Å². The van der Waals surface area contributed by atoms with Gasteiger partial charge in [0, 0.05) is 31.0 Å². The molecule has 0 amide bonds. The molecule has 1 saturated carbocycles. The molecule has 35 heavy (non-hydrogen) atoms. The maximum atomic E-state index is 12.9. The zero-order chi connectivity index (χ0) is 25.6. The summed E-state index contributed by atoms with van der Waals surface area (Å²) in [7, 11) is 1.66. The smallest absolute Gasteiger partial charge is 0.240 e. The molecule has 1 aliphatic rings. The van der Waals surface area contributed by atoms with E-state index in [1.165, 1.54) is 46.1 Å². The quantitative estimate of drug-likeness (QED) is 0.452.